The first-order valence-corrected chi connectivity index (χ1v) is 10.0. The van der Waals surface area contributed by atoms with Gasteiger partial charge in [0, 0.05) is 41.0 Å². The van der Waals surface area contributed by atoms with Crippen molar-refractivity contribution in [3.63, 3.8) is 0 Å². The maximum absolute atomic E-state index is 11.2. The molecule has 1 saturated heterocycles. The second-order valence-electron chi connectivity index (χ2n) is 6.43. The number of benzene rings is 2. The number of carboxylic acids is 1. The first-order chi connectivity index (χ1) is 13.0. The number of ether oxygens (including phenoxy) is 1. The molecule has 1 fully saturated rings. The molecule has 0 bridgehead atoms. The van der Waals surface area contributed by atoms with E-state index >= 15 is 0 Å². The highest BCUT2D eigenvalue weighted by Crippen LogP contribution is 2.38. The van der Waals surface area contributed by atoms with E-state index in [9.17, 15) is 9.90 Å². The molecule has 2 aromatic rings. The van der Waals surface area contributed by atoms with Gasteiger partial charge < -0.3 is 14.7 Å². The molecule has 144 valence electrons. The van der Waals surface area contributed by atoms with Crippen LogP contribution in [0.3, 0.4) is 0 Å². The molecule has 1 atom stereocenters. The summed E-state index contributed by atoms with van der Waals surface area (Å²) >= 11 is 7.93. The van der Waals surface area contributed by atoms with E-state index in [1.807, 2.05) is 41.3 Å². The number of carboxylic acid groups (broad SMARTS) is 1. The first kappa shape index (κ1) is 19.9. The van der Waals surface area contributed by atoms with Crippen LogP contribution in [0.4, 0.5) is 5.69 Å². The summed E-state index contributed by atoms with van der Waals surface area (Å²) in [7, 11) is 1.66. The lowest BCUT2D eigenvalue weighted by Gasteiger charge is -2.38. The smallest absolute Gasteiger partial charge is 0.320 e. The molecular formula is C20H23ClN2O3S. The van der Waals surface area contributed by atoms with E-state index in [2.05, 4.69) is 11.0 Å². The number of methoxy groups -OCH3 is 1. The van der Waals surface area contributed by atoms with Gasteiger partial charge >= 0.3 is 5.97 Å². The molecule has 1 aliphatic rings. The van der Waals surface area contributed by atoms with E-state index in [0.29, 0.717) is 18.1 Å². The third kappa shape index (κ3) is 4.89. The normalized spacial score (nSPS) is 16.2. The Kier molecular flexibility index (Phi) is 6.52. The molecule has 1 aliphatic heterocycles. The lowest BCUT2D eigenvalue weighted by Crippen LogP contribution is -2.51. The van der Waals surface area contributed by atoms with Crippen molar-refractivity contribution in [2.24, 2.45) is 0 Å². The Morgan fingerprint density at radius 2 is 1.93 bits per heavy atom. The summed E-state index contributed by atoms with van der Waals surface area (Å²) in [6.45, 7) is 4.70. The molecule has 3 rings (SSSR count). The Balaban J connectivity index is 1.78. The highest BCUT2D eigenvalue weighted by molar-refractivity contribution is 7.99. The van der Waals surface area contributed by atoms with Crippen LogP contribution >= 0.6 is 23.4 Å². The van der Waals surface area contributed by atoms with E-state index in [4.69, 9.17) is 16.3 Å². The summed E-state index contributed by atoms with van der Waals surface area (Å²) in [5.74, 6) is 0.0484. The number of carbonyl (C=O) groups is 1. The Morgan fingerprint density at radius 3 is 2.59 bits per heavy atom. The summed E-state index contributed by atoms with van der Waals surface area (Å²) in [5.41, 5.74) is 1.08. The van der Waals surface area contributed by atoms with Crippen molar-refractivity contribution in [1.29, 1.82) is 0 Å². The molecule has 27 heavy (non-hydrogen) atoms. The van der Waals surface area contributed by atoms with Crippen LogP contribution in [0, 0.1) is 0 Å². The van der Waals surface area contributed by atoms with E-state index < -0.39 is 12.0 Å². The average Bonchev–Trinajstić information content (AvgIpc) is 2.69. The van der Waals surface area contributed by atoms with Crippen molar-refractivity contribution in [2.75, 3.05) is 38.2 Å². The Bertz CT molecular complexity index is 810. The van der Waals surface area contributed by atoms with Gasteiger partial charge in [-0.2, -0.15) is 0 Å². The zero-order chi connectivity index (χ0) is 19.4. The molecule has 0 radical (unpaired) electrons. The summed E-state index contributed by atoms with van der Waals surface area (Å²) in [5, 5.41) is 9.91. The van der Waals surface area contributed by atoms with Gasteiger partial charge in [0.25, 0.3) is 0 Å². The fourth-order valence-electron chi connectivity index (χ4n) is 3.12. The number of hydrogen-bond acceptors (Lipinski definition) is 5. The molecule has 7 heteroatoms. The van der Waals surface area contributed by atoms with Gasteiger partial charge in [0.05, 0.1) is 12.8 Å². The van der Waals surface area contributed by atoms with Gasteiger partial charge in [-0.15, -0.1) is 0 Å². The second-order valence-corrected chi connectivity index (χ2v) is 7.98. The maximum atomic E-state index is 11.2. The average molecular weight is 407 g/mol. The van der Waals surface area contributed by atoms with E-state index in [-0.39, 0.29) is 0 Å². The molecule has 2 aromatic carbocycles. The minimum Gasteiger partial charge on any atom is -0.497 e. The Morgan fingerprint density at radius 1 is 1.19 bits per heavy atom. The number of rotatable bonds is 6. The number of aliphatic carboxylic acids is 1. The molecule has 1 heterocycles. The lowest BCUT2D eigenvalue weighted by atomic mass is 10.2. The summed E-state index contributed by atoms with van der Waals surface area (Å²) in [6, 6.07) is 13.4. The van der Waals surface area contributed by atoms with E-state index in [1.165, 1.54) is 0 Å². The number of piperazine rings is 1. The summed E-state index contributed by atoms with van der Waals surface area (Å²) < 4.78 is 5.31. The van der Waals surface area contributed by atoms with Crippen LogP contribution in [-0.4, -0.2) is 55.3 Å². The number of nitrogens with zero attached hydrogens (tertiary/aromatic N) is 2. The molecule has 0 unspecified atom stereocenters. The predicted molar refractivity (Wildman–Crippen MR) is 109 cm³/mol. The number of halogens is 1. The van der Waals surface area contributed by atoms with Crippen LogP contribution in [0.2, 0.25) is 5.02 Å². The van der Waals surface area contributed by atoms with Crippen LogP contribution in [-0.2, 0) is 4.79 Å². The fourth-order valence-corrected chi connectivity index (χ4v) is 4.29. The second kappa shape index (κ2) is 8.87. The monoisotopic (exact) mass is 406 g/mol. The zero-order valence-electron chi connectivity index (χ0n) is 15.4. The lowest BCUT2D eigenvalue weighted by molar-refractivity contribution is -0.142. The van der Waals surface area contributed by atoms with Crippen LogP contribution < -0.4 is 9.64 Å². The summed E-state index contributed by atoms with van der Waals surface area (Å²) in [4.78, 5) is 17.7. The van der Waals surface area contributed by atoms with Gasteiger partial charge in [0.1, 0.15) is 11.8 Å². The van der Waals surface area contributed by atoms with Crippen LogP contribution in [0.1, 0.15) is 6.92 Å². The number of hydrogen-bond donors (Lipinski definition) is 1. The minimum atomic E-state index is -0.777. The Hall–Kier alpha value is -1.89. The van der Waals surface area contributed by atoms with Gasteiger partial charge in [-0.1, -0.05) is 29.4 Å². The molecular weight excluding hydrogens is 384 g/mol. The van der Waals surface area contributed by atoms with Gasteiger partial charge in [0.15, 0.2) is 0 Å². The van der Waals surface area contributed by atoms with Crippen molar-refractivity contribution < 1.29 is 14.6 Å². The maximum Gasteiger partial charge on any atom is 0.320 e. The highest BCUT2D eigenvalue weighted by atomic mass is 35.5. The largest absolute Gasteiger partial charge is 0.497 e. The van der Waals surface area contributed by atoms with Crippen molar-refractivity contribution in [2.45, 2.75) is 22.8 Å². The third-order valence-corrected chi connectivity index (χ3v) is 6.04. The Labute approximate surface area is 168 Å². The van der Waals surface area contributed by atoms with Gasteiger partial charge in [0.2, 0.25) is 0 Å². The molecule has 0 amide bonds. The minimum absolute atomic E-state index is 0.461. The number of anilines is 1. The highest BCUT2D eigenvalue weighted by Gasteiger charge is 2.26. The molecule has 0 spiro atoms. The standard InChI is InChI=1S/C20H23ClN2O3S/c1-14(20(24)25)22-8-10-23(11-9-22)18-12-15(21)6-7-19(18)27-17-5-3-4-16(13-17)26-2/h3-7,12-14H,8-11H2,1-2H3,(H,24,25)/t14-/m1/s1. The first-order valence-electron chi connectivity index (χ1n) is 8.81. The SMILES string of the molecule is COc1cccc(Sc2ccc(Cl)cc2N2CCN([C@H](C)C(=O)O)CC2)c1. The van der Waals surface area contributed by atoms with Crippen LogP contribution in [0.5, 0.6) is 5.75 Å². The molecule has 1 N–H and O–H groups in total. The topological polar surface area (TPSA) is 53.0 Å². The van der Waals surface area contributed by atoms with Crippen molar-refractivity contribution in [3.05, 3.63) is 47.5 Å². The van der Waals surface area contributed by atoms with E-state index in [1.54, 1.807) is 25.8 Å². The third-order valence-electron chi connectivity index (χ3n) is 4.75. The van der Waals surface area contributed by atoms with Gasteiger partial charge in [-0.25, -0.2) is 0 Å². The van der Waals surface area contributed by atoms with Crippen LogP contribution in [0.25, 0.3) is 0 Å². The van der Waals surface area contributed by atoms with Crippen molar-refractivity contribution in [1.82, 2.24) is 4.90 Å². The predicted octanol–water partition coefficient (Wildman–Crippen LogP) is 4.09. The zero-order valence-corrected chi connectivity index (χ0v) is 17.0. The molecule has 5 nitrogen and oxygen atoms in total. The summed E-state index contributed by atoms with van der Waals surface area (Å²) in [6.07, 6.45) is 0. The molecule has 0 aliphatic carbocycles. The van der Waals surface area contributed by atoms with Gasteiger partial charge in [-0.05, 0) is 43.3 Å². The fraction of sp³-hybridized carbons (Fsp3) is 0.350. The van der Waals surface area contributed by atoms with Gasteiger partial charge in [-0.3, -0.25) is 9.69 Å². The van der Waals surface area contributed by atoms with Crippen molar-refractivity contribution >= 4 is 35.0 Å². The molecule has 0 aromatic heterocycles. The molecule has 0 saturated carbocycles. The quantitative estimate of drug-likeness (QED) is 0.779. The van der Waals surface area contributed by atoms with E-state index in [0.717, 1.165) is 34.3 Å². The van der Waals surface area contributed by atoms with Crippen LogP contribution in [0.15, 0.2) is 52.3 Å². The van der Waals surface area contributed by atoms with Crippen molar-refractivity contribution in [3.8, 4) is 5.75 Å².